The number of anilines is 3. The molecule has 2 aliphatic rings. The average molecular weight is 637 g/mol. The van der Waals surface area contributed by atoms with Crippen LogP contribution in [0.25, 0.3) is 36.9 Å². The van der Waals surface area contributed by atoms with Crippen molar-refractivity contribution in [2.24, 2.45) is 0 Å². The third-order valence-corrected chi connectivity index (χ3v) is 10.5. The Bertz CT molecular complexity index is 2160. The van der Waals surface area contributed by atoms with Crippen LogP contribution in [0.5, 0.6) is 0 Å². The molecule has 0 saturated heterocycles. The van der Waals surface area contributed by atoms with E-state index < -0.39 is 0 Å². The zero-order chi connectivity index (χ0) is 29.1. The highest BCUT2D eigenvalue weighted by Gasteiger charge is 2.38. The summed E-state index contributed by atoms with van der Waals surface area (Å²) >= 11 is 5.57. The molecule has 2 aliphatic carbocycles. The lowest BCUT2D eigenvalue weighted by atomic mass is 9.81. The molecule has 208 valence electrons. The van der Waals surface area contributed by atoms with Crippen molar-refractivity contribution < 1.29 is 0 Å². The molecule has 6 aromatic rings. The molecule has 3 heteroatoms. The summed E-state index contributed by atoms with van der Waals surface area (Å²) in [6, 6.07) is 38.3. The van der Waals surface area contributed by atoms with Gasteiger partial charge in [-0.25, -0.2) is 0 Å². The number of rotatable bonds is 4. The van der Waals surface area contributed by atoms with Crippen molar-refractivity contribution in [2.75, 3.05) is 4.90 Å². The molecule has 0 bridgehead atoms. The van der Waals surface area contributed by atoms with Gasteiger partial charge in [-0.3, -0.25) is 0 Å². The molecule has 1 aromatic heterocycles. The first kappa shape index (κ1) is 26.4. The van der Waals surface area contributed by atoms with Crippen LogP contribution in [0.2, 0.25) is 0 Å². The highest BCUT2D eigenvalue weighted by Crippen LogP contribution is 2.54. The maximum absolute atomic E-state index is 3.71. The molecule has 1 nitrogen and oxygen atoms in total. The number of halogens is 1. The van der Waals surface area contributed by atoms with Crippen LogP contribution in [-0.4, -0.2) is 0 Å². The average Bonchev–Trinajstić information content (AvgIpc) is 3.32. The van der Waals surface area contributed by atoms with Crippen LogP contribution in [0.15, 0.2) is 138 Å². The number of thiophene rings is 1. The second-order valence-corrected chi connectivity index (χ2v) is 13.9. The summed E-state index contributed by atoms with van der Waals surface area (Å²) in [5.41, 5.74) is 11.3. The number of benzene rings is 5. The van der Waals surface area contributed by atoms with Crippen LogP contribution in [-0.2, 0) is 5.41 Å². The second kappa shape index (κ2) is 10.2. The zero-order valence-electron chi connectivity index (χ0n) is 24.1. The van der Waals surface area contributed by atoms with E-state index in [1.165, 1.54) is 59.3 Å². The summed E-state index contributed by atoms with van der Waals surface area (Å²) in [5, 5.41) is 2.58. The van der Waals surface area contributed by atoms with E-state index in [1.54, 1.807) is 0 Å². The molecule has 0 unspecified atom stereocenters. The topological polar surface area (TPSA) is 3.24 Å². The minimum absolute atomic E-state index is 0.139. The lowest BCUT2D eigenvalue weighted by Gasteiger charge is -2.32. The van der Waals surface area contributed by atoms with E-state index in [1.807, 2.05) is 11.3 Å². The molecule has 8 rings (SSSR count). The molecular formula is C40H30BrNS. The summed E-state index contributed by atoms with van der Waals surface area (Å²) in [6.07, 6.45) is 12.0. The van der Waals surface area contributed by atoms with Crippen molar-refractivity contribution in [3.63, 3.8) is 0 Å². The summed E-state index contributed by atoms with van der Waals surface area (Å²) in [4.78, 5) is 2.48. The largest absolute Gasteiger partial charge is 0.310 e. The predicted octanol–water partition coefficient (Wildman–Crippen LogP) is 12.5. The molecule has 0 aliphatic heterocycles. The van der Waals surface area contributed by atoms with Crippen LogP contribution < -0.4 is 4.90 Å². The summed E-state index contributed by atoms with van der Waals surface area (Å²) in [6.45, 7) is 4.74. The predicted molar refractivity (Wildman–Crippen MR) is 190 cm³/mol. The lowest BCUT2D eigenvalue weighted by Crippen LogP contribution is -2.20. The van der Waals surface area contributed by atoms with Gasteiger partial charge in [0, 0.05) is 41.4 Å². The minimum atomic E-state index is -0.139. The molecular weight excluding hydrogens is 606 g/mol. The van der Waals surface area contributed by atoms with Crippen molar-refractivity contribution >= 4 is 70.1 Å². The van der Waals surface area contributed by atoms with E-state index in [4.69, 9.17) is 0 Å². The molecule has 0 atom stereocenters. The van der Waals surface area contributed by atoms with Gasteiger partial charge in [-0.2, -0.15) is 0 Å². The Morgan fingerprint density at radius 2 is 1.49 bits per heavy atom. The van der Waals surface area contributed by atoms with Gasteiger partial charge in [-0.1, -0.05) is 109 Å². The fourth-order valence-corrected chi connectivity index (χ4v) is 8.33. The third-order valence-electron chi connectivity index (χ3n) is 8.89. The van der Waals surface area contributed by atoms with E-state index in [9.17, 15) is 0 Å². The van der Waals surface area contributed by atoms with Crippen molar-refractivity contribution in [3.8, 4) is 11.1 Å². The molecule has 5 aromatic carbocycles. The van der Waals surface area contributed by atoms with Gasteiger partial charge in [0.1, 0.15) is 0 Å². The first-order valence-corrected chi connectivity index (χ1v) is 16.4. The molecule has 0 spiro atoms. The van der Waals surface area contributed by atoms with Crippen LogP contribution in [0.3, 0.4) is 0 Å². The van der Waals surface area contributed by atoms with Crippen LogP contribution >= 0.6 is 27.3 Å². The van der Waals surface area contributed by atoms with Crippen LogP contribution in [0, 0.1) is 0 Å². The number of nitrogens with zero attached hydrogens (tertiary/aromatic N) is 1. The Morgan fingerprint density at radius 3 is 2.40 bits per heavy atom. The maximum Gasteiger partial charge on any atom is 0.0508 e. The van der Waals surface area contributed by atoms with Gasteiger partial charge in [0.2, 0.25) is 0 Å². The normalized spacial score (nSPS) is 14.9. The molecule has 0 N–H and O–H groups in total. The van der Waals surface area contributed by atoms with Gasteiger partial charge in [0.15, 0.2) is 0 Å². The number of fused-ring (bicyclic) bond motifs is 6. The standard InChI is InChI=1S/C40H30BrNS/c1-40(2)35-17-8-7-15-31(35)32-16-10-18-36(39(32)40)42(29-14-9-13-27(23-29)26-11-5-3-4-6-12-26)30-20-22-38-34(25-30)33-24-28(41)19-21-37(33)43-38/h3,5-25H,4H2,1-2H3. The van der Waals surface area contributed by atoms with Crippen LogP contribution in [0.4, 0.5) is 17.1 Å². The first-order valence-electron chi connectivity index (χ1n) is 14.8. The molecule has 1 heterocycles. The van der Waals surface area contributed by atoms with Gasteiger partial charge in [-0.15, -0.1) is 11.3 Å². The van der Waals surface area contributed by atoms with E-state index in [0.29, 0.717) is 0 Å². The van der Waals surface area contributed by atoms with Gasteiger partial charge < -0.3 is 4.90 Å². The fraction of sp³-hybridized carbons (Fsp3) is 0.100. The highest BCUT2D eigenvalue weighted by molar-refractivity contribution is 9.10. The molecule has 43 heavy (non-hydrogen) atoms. The van der Waals surface area contributed by atoms with Crippen LogP contribution in [0.1, 0.15) is 37.0 Å². The van der Waals surface area contributed by atoms with E-state index in [-0.39, 0.29) is 5.41 Å². The van der Waals surface area contributed by atoms with Crippen molar-refractivity contribution in [3.05, 3.63) is 155 Å². The SMILES string of the molecule is CC1(C)c2ccccc2-c2cccc(N(c3cccc(C4=CC=CCC=C4)c3)c3ccc4sc5ccc(Br)cc5c4c3)c21. The van der Waals surface area contributed by atoms with Crippen molar-refractivity contribution in [1.82, 2.24) is 0 Å². The number of hydrogen-bond donors (Lipinski definition) is 0. The molecule has 0 saturated carbocycles. The Balaban J connectivity index is 1.39. The Kier molecular flexibility index (Phi) is 6.29. The molecule has 0 fully saturated rings. The van der Waals surface area contributed by atoms with Gasteiger partial charge in [0.25, 0.3) is 0 Å². The van der Waals surface area contributed by atoms with Gasteiger partial charge >= 0.3 is 0 Å². The fourth-order valence-electron chi connectivity index (χ4n) is 6.91. The summed E-state index contributed by atoms with van der Waals surface area (Å²) in [7, 11) is 0. The van der Waals surface area contributed by atoms with Gasteiger partial charge in [-0.05, 0) is 94.4 Å². The highest BCUT2D eigenvalue weighted by atomic mass is 79.9. The lowest BCUT2D eigenvalue weighted by molar-refractivity contribution is 0.661. The Labute approximate surface area is 265 Å². The van der Waals surface area contributed by atoms with Crippen molar-refractivity contribution in [2.45, 2.75) is 25.7 Å². The second-order valence-electron chi connectivity index (χ2n) is 11.9. The van der Waals surface area contributed by atoms with Gasteiger partial charge in [0.05, 0.1) is 5.69 Å². The Hall–Kier alpha value is -4.18. The summed E-state index contributed by atoms with van der Waals surface area (Å²) < 4.78 is 3.71. The van der Waals surface area contributed by atoms with Crippen molar-refractivity contribution in [1.29, 1.82) is 0 Å². The monoisotopic (exact) mass is 635 g/mol. The van der Waals surface area contributed by atoms with E-state index in [2.05, 4.69) is 168 Å². The Morgan fingerprint density at radius 1 is 0.721 bits per heavy atom. The first-order chi connectivity index (χ1) is 21.0. The molecule has 0 amide bonds. The molecule has 0 radical (unpaired) electrons. The smallest absolute Gasteiger partial charge is 0.0508 e. The number of allylic oxidation sites excluding steroid dienone is 6. The zero-order valence-corrected chi connectivity index (χ0v) is 26.5. The van der Waals surface area contributed by atoms with E-state index >= 15 is 0 Å². The van der Waals surface area contributed by atoms with E-state index in [0.717, 1.165) is 22.3 Å². The summed E-state index contributed by atoms with van der Waals surface area (Å²) in [5.74, 6) is 0. The minimum Gasteiger partial charge on any atom is -0.310 e. The number of hydrogen-bond acceptors (Lipinski definition) is 2. The maximum atomic E-state index is 3.71. The third kappa shape index (κ3) is 4.33. The quantitative estimate of drug-likeness (QED) is 0.186.